The first-order valence-electron chi connectivity index (χ1n) is 16.7. The van der Waals surface area contributed by atoms with Crippen LogP contribution in [0, 0.1) is 0 Å². The number of allylic oxidation sites excluding steroid dienone is 3. The highest BCUT2D eigenvalue weighted by atomic mass is 16.5. The maximum atomic E-state index is 11.8. The number of unbranched alkanes of at least 4 members (excludes halogenated alkanes) is 1. The summed E-state index contributed by atoms with van der Waals surface area (Å²) in [6.45, 7) is 25.5. The number of morpholine rings is 1. The van der Waals surface area contributed by atoms with Gasteiger partial charge in [-0.15, -0.1) is 6.58 Å². The van der Waals surface area contributed by atoms with E-state index >= 15 is 0 Å². The minimum Gasteiger partial charge on any atom is -0.380 e. The zero-order valence-electron chi connectivity index (χ0n) is 29.8. The third-order valence-corrected chi connectivity index (χ3v) is 7.32. The molecule has 1 unspecified atom stereocenters. The number of carbonyl (C=O) groups excluding carboxylic acids is 1. The van der Waals surface area contributed by atoms with Gasteiger partial charge in [-0.3, -0.25) is 14.7 Å². The minimum absolute atomic E-state index is 0.00535. The lowest BCUT2D eigenvalue weighted by atomic mass is 10.1. The molecule has 1 saturated heterocycles. The van der Waals surface area contributed by atoms with Crippen LogP contribution in [0.5, 0.6) is 0 Å². The number of likely N-dealkylation sites (N-methyl/N-ethyl adjacent to an activating group) is 1. The fraction of sp³-hybridized carbons (Fsp3) is 0.639. The Bertz CT molecular complexity index is 991. The van der Waals surface area contributed by atoms with E-state index in [4.69, 9.17) is 9.47 Å². The molecule has 2 rings (SSSR count). The number of methoxy groups -OCH3 is 1. The number of aromatic nitrogens is 1. The van der Waals surface area contributed by atoms with E-state index in [2.05, 4.69) is 64.3 Å². The molecule has 1 amide bonds. The molecule has 0 spiro atoms. The first kappa shape index (κ1) is 42.0. The third-order valence-electron chi connectivity index (χ3n) is 7.32. The van der Waals surface area contributed by atoms with Crippen LogP contribution in [0.4, 0.5) is 11.5 Å². The lowest BCUT2D eigenvalue weighted by molar-refractivity contribution is -0.125. The molecular formula is C36H64N6O3. The Morgan fingerprint density at radius 1 is 1.22 bits per heavy atom. The van der Waals surface area contributed by atoms with Gasteiger partial charge in [0.05, 0.1) is 19.8 Å². The number of anilines is 2. The number of amides is 1. The highest BCUT2D eigenvalue weighted by Crippen LogP contribution is 2.27. The number of nitrogens with one attached hydrogen (secondary N) is 1. The molecule has 9 nitrogen and oxygen atoms in total. The quantitative estimate of drug-likeness (QED) is 0.0797. The normalized spacial score (nSPS) is 13.8. The predicted molar refractivity (Wildman–Crippen MR) is 194 cm³/mol. The zero-order valence-corrected chi connectivity index (χ0v) is 29.8. The van der Waals surface area contributed by atoms with E-state index in [1.54, 1.807) is 12.0 Å². The maximum absolute atomic E-state index is 11.8. The number of carbonyl (C=O) groups is 1. The van der Waals surface area contributed by atoms with E-state index in [0.29, 0.717) is 12.6 Å². The second-order valence-corrected chi connectivity index (χ2v) is 10.6. The summed E-state index contributed by atoms with van der Waals surface area (Å²) in [7, 11) is 5.44. The minimum atomic E-state index is -0.00535. The molecule has 1 atom stereocenters. The van der Waals surface area contributed by atoms with Gasteiger partial charge in [-0.2, -0.15) is 0 Å². The van der Waals surface area contributed by atoms with Crippen molar-refractivity contribution in [2.75, 3.05) is 83.9 Å². The van der Waals surface area contributed by atoms with Crippen LogP contribution >= 0.6 is 0 Å². The summed E-state index contributed by atoms with van der Waals surface area (Å²) >= 11 is 0. The lowest BCUT2D eigenvalue weighted by Gasteiger charge is -2.33. The van der Waals surface area contributed by atoms with Crippen molar-refractivity contribution in [3.63, 3.8) is 0 Å². The molecule has 1 fully saturated rings. The van der Waals surface area contributed by atoms with Gasteiger partial charge in [0.15, 0.2) is 0 Å². The summed E-state index contributed by atoms with van der Waals surface area (Å²) in [6.07, 6.45) is 14.5. The summed E-state index contributed by atoms with van der Waals surface area (Å²) in [5, 5.41) is 3.11. The molecule has 1 aromatic heterocycles. The van der Waals surface area contributed by atoms with Crippen LogP contribution in [0.1, 0.15) is 72.3 Å². The van der Waals surface area contributed by atoms with Crippen molar-refractivity contribution in [1.82, 2.24) is 14.8 Å². The number of hydrogen-bond acceptors (Lipinski definition) is 8. The Balaban J connectivity index is 0.000000872. The fourth-order valence-electron chi connectivity index (χ4n) is 4.98. The molecule has 0 bridgehead atoms. The molecule has 1 aliphatic heterocycles. The molecule has 1 N–H and O–H groups in total. The molecule has 0 saturated carbocycles. The van der Waals surface area contributed by atoms with Gasteiger partial charge in [0, 0.05) is 76.6 Å². The zero-order chi connectivity index (χ0) is 33.9. The molecule has 9 heteroatoms. The van der Waals surface area contributed by atoms with E-state index < -0.39 is 0 Å². The number of pyridine rings is 1. The van der Waals surface area contributed by atoms with Gasteiger partial charge in [0.1, 0.15) is 5.82 Å². The van der Waals surface area contributed by atoms with Gasteiger partial charge >= 0.3 is 0 Å². The first-order chi connectivity index (χ1) is 21.9. The lowest BCUT2D eigenvalue weighted by Crippen LogP contribution is -2.44. The Labute approximate surface area is 275 Å². The second kappa shape index (κ2) is 27.3. The molecule has 0 radical (unpaired) electrons. The van der Waals surface area contributed by atoms with Crippen molar-refractivity contribution >= 4 is 23.1 Å². The number of ether oxygens (including phenoxy) is 2. The van der Waals surface area contributed by atoms with E-state index in [1.807, 2.05) is 53.2 Å². The molecular weight excluding hydrogens is 564 g/mol. The van der Waals surface area contributed by atoms with Crippen molar-refractivity contribution in [3.8, 4) is 0 Å². The highest BCUT2D eigenvalue weighted by molar-refractivity contribution is 5.92. The summed E-state index contributed by atoms with van der Waals surface area (Å²) in [5.41, 5.74) is 3.38. The van der Waals surface area contributed by atoms with Crippen molar-refractivity contribution in [3.05, 3.63) is 55.3 Å². The molecule has 0 aliphatic carbocycles. The Morgan fingerprint density at radius 3 is 2.51 bits per heavy atom. The number of nitrogens with zero attached hydrogens (tertiary/aromatic N) is 5. The van der Waals surface area contributed by atoms with E-state index in [1.165, 1.54) is 11.8 Å². The maximum Gasteiger partial charge on any atom is 0.245 e. The SMILES string of the molecule is C=CC/C=C\C(C)=NCCCCN(CCC)C(CC)CN(C)C(=O)C=C.CC.CNc1nccc(N2CCOCC2)c1COC. The molecule has 45 heavy (non-hydrogen) atoms. The van der Waals surface area contributed by atoms with Crippen LogP contribution in [0.25, 0.3) is 0 Å². The average molecular weight is 629 g/mol. The van der Waals surface area contributed by atoms with E-state index in [-0.39, 0.29) is 5.91 Å². The Morgan fingerprint density at radius 2 is 1.93 bits per heavy atom. The van der Waals surface area contributed by atoms with Crippen LogP contribution in [0.15, 0.2) is 54.7 Å². The van der Waals surface area contributed by atoms with Gasteiger partial charge in [0.2, 0.25) is 5.91 Å². The molecule has 2 heterocycles. The van der Waals surface area contributed by atoms with Crippen molar-refractivity contribution in [2.24, 2.45) is 4.99 Å². The van der Waals surface area contributed by atoms with E-state index in [0.717, 1.165) is 102 Å². The van der Waals surface area contributed by atoms with E-state index in [9.17, 15) is 4.79 Å². The van der Waals surface area contributed by atoms with Crippen molar-refractivity contribution < 1.29 is 14.3 Å². The van der Waals surface area contributed by atoms with Crippen LogP contribution in [0.2, 0.25) is 0 Å². The van der Waals surface area contributed by atoms with Gasteiger partial charge in [0.25, 0.3) is 0 Å². The summed E-state index contributed by atoms with van der Waals surface area (Å²) < 4.78 is 10.6. The van der Waals surface area contributed by atoms with Gasteiger partial charge in [-0.25, -0.2) is 4.98 Å². The van der Waals surface area contributed by atoms with Gasteiger partial charge in [-0.1, -0.05) is 46.4 Å². The van der Waals surface area contributed by atoms with Crippen molar-refractivity contribution in [1.29, 1.82) is 0 Å². The topological polar surface area (TPSA) is 82.5 Å². The summed E-state index contributed by atoms with van der Waals surface area (Å²) in [6, 6.07) is 2.44. The Kier molecular flexibility index (Phi) is 25.5. The smallest absolute Gasteiger partial charge is 0.245 e. The standard InChI is InChI=1S/C22H39N3O.C12H19N3O2.C2H6/c1-7-11-12-15-20(5)23-16-13-14-18-25(17-8-2)21(9-3)19-24(6)22(26)10-4;1-13-12-10(9-16-2)11(3-4-14-12)15-5-7-17-8-6-15;1-2/h7,10,12,15,21H,1,4,8-9,11,13-14,16-19H2,2-3,5-6H3;3-4H,5-9H2,1-2H3,(H,13,14);1-2H3/b15-12-,23-20?;;. The fourth-order valence-corrected chi connectivity index (χ4v) is 4.98. The van der Waals surface area contributed by atoms with Gasteiger partial charge < -0.3 is 24.6 Å². The number of rotatable bonds is 19. The second-order valence-electron chi connectivity index (χ2n) is 10.6. The highest BCUT2D eigenvalue weighted by Gasteiger charge is 2.19. The van der Waals surface area contributed by atoms with Crippen molar-refractivity contribution in [2.45, 2.75) is 79.4 Å². The largest absolute Gasteiger partial charge is 0.380 e. The van der Waals surface area contributed by atoms with Gasteiger partial charge in [-0.05, 0) is 70.3 Å². The predicted octanol–water partition coefficient (Wildman–Crippen LogP) is 6.63. The molecule has 1 aliphatic rings. The third kappa shape index (κ3) is 17.3. The monoisotopic (exact) mass is 629 g/mol. The summed E-state index contributed by atoms with van der Waals surface area (Å²) in [4.78, 5) is 27.3. The van der Waals surface area contributed by atoms with Crippen LogP contribution in [-0.2, 0) is 20.9 Å². The molecule has 1 aromatic rings. The molecule has 0 aromatic carbocycles. The number of hydrogen-bond donors (Lipinski definition) is 1. The number of aliphatic imine (C=N–C) groups is 1. The average Bonchev–Trinajstić information content (AvgIpc) is 3.08. The first-order valence-corrected chi connectivity index (χ1v) is 16.7. The summed E-state index contributed by atoms with van der Waals surface area (Å²) in [5.74, 6) is 0.880. The van der Waals surface area contributed by atoms with Crippen LogP contribution in [-0.4, -0.2) is 106 Å². The van der Waals surface area contributed by atoms with Crippen LogP contribution < -0.4 is 10.2 Å². The van der Waals surface area contributed by atoms with Crippen LogP contribution in [0.3, 0.4) is 0 Å². The molecule has 256 valence electrons. The Hall–Kier alpha value is -3.01.